The first-order chi connectivity index (χ1) is 15.0. The molecule has 3 rings (SSSR count). The van der Waals surface area contributed by atoms with Gasteiger partial charge < -0.3 is 9.47 Å². The summed E-state index contributed by atoms with van der Waals surface area (Å²) in [6.45, 7) is 5.49. The van der Waals surface area contributed by atoms with Crippen LogP contribution in [0, 0.1) is 17.2 Å². The molecule has 2 aromatic carbocycles. The van der Waals surface area contributed by atoms with Crippen LogP contribution in [0.15, 0.2) is 36.4 Å². The molecule has 0 aromatic heterocycles. The second-order valence-corrected chi connectivity index (χ2v) is 10.8. The lowest BCUT2D eigenvalue weighted by atomic mass is 9.90. The minimum Gasteiger partial charge on any atom is -0.486 e. The number of nitrogens with zero attached hydrogens (tertiary/aromatic N) is 1. The average Bonchev–Trinajstić information content (AvgIpc) is 2.76. The third kappa shape index (κ3) is 5.43. The molecular weight excluding hydrogens is 537 g/mol. The Kier molecular flexibility index (Phi) is 7.82. The van der Waals surface area contributed by atoms with E-state index in [2.05, 4.69) is 22.0 Å². The molecule has 0 bridgehead atoms. The Morgan fingerprint density at radius 2 is 1.97 bits per heavy atom. The number of carbonyl (C=O) groups is 2. The van der Waals surface area contributed by atoms with Crippen molar-refractivity contribution in [3.05, 3.63) is 63.1 Å². The summed E-state index contributed by atoms with van der Waals surface area (Å²) in [6.07, 6.45) is -0.646. The van der Waals surface area contributed by atoms with Crippen LogP contribution >= 0.6 is 50.9 Å². The Hall–Kier alpha value is -1.72. The Bertz CT molecular complexity index is 1100. The van der Waals surface area contributed by atoms with E-state index < -0.39 is 23.6 Å². The number of ether oxygens (including phenoxy) is 2. The number of alkyl halides is 1. The second kappa shape index (κ2) is 10.0. The molecule has 0 aliphatic carbocycles. The van der Waals surface area contributed by atoms with Crippen LogP contribution in [0.3, 0.4) is 0 Å². The minimum atomic E-state index is -0.646. The zero-order chi connectivity index (χ0) is 23.6. The lowest BCUT2D eigenvalue weighted by Gasteiger charge is -2.41. The first-order valence-corrected chi connectivity index (χ1v) is 12.4. The highest BCUT2D eigenvalue weighted by Gasteiger charge is 2.45. The number of hydrogen-bond donors (Lipinski definition) is 0. The molecule has 0 saturated carbocycles. The molecule has 9 heteroatoms. The van der Waals surface area contributed by atoms with Gasteiger partial charge in [0.1, 0.15) is 17.5 Å². The monoisotopic (exact) mass is 555 g/mol. The fourth-order valence-corrected chi connectivity index (χ4v) is 4.75. The normalized spacial score (nSPS) is 19.8. The van der Waals surface area contributed by atoms with Crippen molar-refractivity contribution in [2.75, 3.05) is 5.75 Å². The third-order valence-corrected chi connectivity index (χ3v) is 8.50. The summed E-state index contributed by atoms with van der Waals surface area (Å²) in [6, 6.07) is 11.8. The summed E-state index contributed by atoms with van der Waals surface area (Å²) in [5, 5.41) is 9.71. The van der Waals surface area contributed by atoms with Gasteiger partial charge in [-0.3, -0.25) is 9.59 Å². The summed E-state index contributed by atoms with van der Waals surface area (Å²) in [4.78, 5) is 25.0. The number of rotatable bonds is 5. The van der Waals surface area contributed by atoms with E-state index in [4.69, 9.17) is 32.7 Å². The lowest BCUT2D eigenvalue weighted by Crippen LogP contribution is -2.47. The van der Waals surface area contributed by atoms with Crippen LogP contribution < -0.4 is 4.74 Å². The van der Waals surface area contributed by atoms with Crippen LogP contribution in [0.5, 0.6) is 5.75 Å². The standard InChI is InChI=1S/C23H20BrCl2NO4S/c1-12(11-32-22(29)14-5-6-16(25)17(26)9-14)21(28)30-19-15-8-13(10-27)4-7-18(15)31-23(2,3)20(19)24/h4-9,12,19-20H,11H2,1-3H3/t12-,19-,20+/m1/s1. The van der Waals surface area contributed by atoms with Gasteiger partial charge in [0.2, 0.25) is 5.12 Å². The number of carbonyl (C=O) groups excluding carboxylic acids is 2. The van der Waals surface area contributed by atoms with Crippen LogP contribution in [0.1, 0.15) is 48.4 Å². The highest BCUT2D eigenvalue weighted by atomic mass is 79.9. The summed E-state index contributed by atoms with van der Waals surface area (Å²) in [5.41, 5.74) is 0.845. The Morgan fingerprint density at radius 3 is 2.62 bits per heavy atom. The van der Waals surface area contributed by atoms with E-state index in [0.717, 1.165) is 11.8 Å². The van der Waals surface area contributed by atoms with Crippen molar-refractivity contribution in [2.45, 2.75) is 37.3 Å². The number of fused-ring (bicyclic) bond motifs is 1. The minimum absolute atomic E-state index is 0.210. The molecule has 0 radical (unpaired) electrons. The smallest absolute Gasteiger partial charge is 0.310 e. The number of esters is 1. The molecular formula is C23H20BrCl2NO4S. The van der Waals surface area contributed by atoms with Crippen molar-refractivity contribution in [1.82, 2.24) is 0 Å². The molecule has 2 aromatic rings. The van der Waals surface area contributed by atoms with Gasteiger partial charge >= 0.3 is 5.97 Å². The van der Waals surface area contributed by atoms with E-state index in [1.165, 1.54) is 6.07 Å². The Labute approximate surface area is 209 Å². The quantitative estimate of drug-likeness (QED) is 0.305. The lowest BCUT2D eigenvalue weighted by molar-refractivity contribution is -0.156. The number of benzene rings is 2. The SMILES string of the molecule is C[C@H](CSC(=O)c1ccc(Cl)c(Cl)c1)C(=O)O[C@@H]1c2cc(C#N)ccc2OC(C)(C)[C@H]1Br. The van der Waals surface area contributed by atoms with E-state index in [9.17, 15) is 14.9 Å². The van der Waals surface area contributed by atoms with Crippen molar-refractivity contribution in [2.24, 2.45) is 5.92 Å². The fourth-order valence-electron chi connectivity index (χ4n) is 3.13. The molecule has 0 unspecified atom stereocenters. The number of thioether (sulfide) groups is 1. The van der Waals surface area contributed by atoms with Crippen molar-refractivity contribution in [3.63, 3.8) is 0 Å². The molecule has 5 nitrogen and oxygen atoms in total. The van der Waals surface area contributed by atoms with Gasteiger partial charge in [-0.25, -0.2) is 0 Å². The Morgan fingerprint density at radius 1 is 1.25 bits per heavy atom. The predicted molar refractivity (Wildman–Crippen MR) is 130 cm³/mol. The van der Waals surface area contributed by atoms with Gasteiger partial charge in [-0.05, 0) is 50.2 Å². The van der Waals surface area contributed by atoms with Crippen molar-refractivity contribution in [1.29, 1.82) is 5.26 Å². The van der Waals surface area contributed by atoms with E-state index in [1.807, 2.05) is 13.8 Å². The zero-order valence-corrected chi connectivity index (χ0v) is 21.4. The van der Waals surface area contributed by atoms with E-state index in [1.54, 1.807) is 37.3 Å². The topological polar surface area (TPSA) is 76.4 Å². The zero-order valence-electron chi connectivity index (χ0n) is 17.5. The highest BCUT2D eigenvalue weighted by molar-refractivity contribution is 9.09. The third-order valence-electron chi connectivity index (χ3n) is 5.01. The van der Waals surface area contributed by atoms with Crippen molar-refractivity contribution < 1.29 is 19.1 Å². The number of nitriles is 1. The van der Waals surface area contributed by atoms with Crippen molar-refractivity contribution in [3.8, 4) is 11.8 Å². The summed E-state index contributed by atoms with van der Waals surface area (Å²) >= 11 is 16.5. The molecule has 1 heterocycles. The molecule has 168 valence electrons. The molecule has 1 aliphatic rings. The predicted octanol–water partition coefficient (Wildman–Crippen LogP) is 6.59. The van der Waals surface area contributed by atoms with Gasteiger partial charge in [0, 0.05) is 16.9 Å². The van der Waals surface area contributed by atoms with Crippen LogP contribution in [-0.4, -0.2) is 27.3 Å². The van der Waals surface area contributed by atoms with Crippen LogP contribution in [-0.2, 0) is 9.53 Å². The van der Waals surface area contributed by atoms with E-state index in [-0.39, 0.29) is 15.7 Å². The maximum Gasteiger partial charge on any atom is 0.310 e. The van der Waals surface area contributed by atoms with Crippen LogP contribution in [0.2, 0.25) is 10.0 Å². The van der Waals surface area contributed by atoms with Gasteiger partial charge in [-0.15, -0.1) is 0 Å². The largest absolute Gasteiger partial charge is 0.486 e. The molecule has 0 amide bonds. The fraction of sp³-hybridized carbons (Fsp3) is 0.348. The first-order valence-electron chi connectivity index (χ1n) is 9.73. The van der Waals surface area contributed by atoms with E-state index >= 15 is 0 Å². The number of hydrogen-bond acceptors (Lipinski definition) is 6. The molecule has 0 spiro atoms. The van der Waals surface area contributed by atoms with Gasteiger partial charge in [0.25, 0.3) is 0 Å². The van der Waals surface area contributed by atoms with Crippen LogP contribution in [0.25, 0.3) is 0 Å². The maximum absolute atomic E-state index is 12.9. The summed E-state index contributed by atoms with van der Waals surface area (Å²) < 4.78 is 11.9. The second-order valence-electron chi connectivity index (χ2n) is 7.96. The summed E-state index contributed by atoms with van der Waals surface area (Å²) in [5.74, 6) is -0.179. The van der Waals surface area contributed by atoms with E-state index in [0.29, 0.717) is 32.5 Å². The summed E-state index contributed by atoms with van der Waals surface area (Å²) in [7, 11) is 0. The van der Waals surface area contributed by atoms with Gasteiger partial charge in [0.15, 0.2) is 0 Å². The molecule has 0 N–H and O–H groups in total. The van der Waals surface area contributed by atoms with Gasteiger partial charge in [-0.2, -0.15) is 5.26 Å². The van der Waals surface area contributed by atoms with Gasteiger partial charge in [0.05, 0.1) is 32.4 Å². The van der Waals surface area contributed by atoms with Gasteiger partial charge in [-0.1, -0.05) is 57.8 Å². The number of halogens is 3. The maximum atomic E-state index is 12.9. The average molecular weight is 557 g/mol. The van der Waals surface area contributed by atoms with Crippen LogP contribution in [0.4, 0.5) is 0 Å². The first kappa shape index (κ1) is 24.9. The molecule has 3 atom stereocenters. The molecule has 0 saturated heterocycles. The highest BCUT2D eigenvalue weighted by Crippen LogP contribution is 2.45. The molecule has 0 fully saturated rings. The van der Waals surface area contributed by atoms with Crippen molar-refractivity contribution >= 4 is 62.0 Å². The Balaban J connectivity index is 1.70. The molecule has 1 aliphatic heterocycles. The molecule has 32 heavy (non-hydrogen) atoms.